The van der Waals surface area contributed by atoms with Gasteiger partial charge in [0.05, 0.1) is 31.7 Å². The molecule has 144 valence electrons. The predicted molar refractivity (Wildman–Crippen MR) is 104 cm³/mol. The summed E-state index contributed by atoms with van der Waals surface area (Å²) < 4.78 is 35.9. The summed E-state index contributed by atoms with van der Waals surface area (Å²) in [7, 11) is -0.351. The molecule has 0 unspecified atom stereocenters. The van der Waals surface area contributed by atoms with Crippen molar-refractivity contribution in [1.82, 2.24) is 0 Å². The summed E-state index contributed by atoms with van der Waals surface area (Å²) in [5, 5.41) is 2.81. The van der Waals surface area contributed by atoms with Crippen molar-refractivity contribution < 1.29 is 22.7 Å². The lowest BCUT2D eigenvalue weighted by Crippen LogP contribution is -2.34. The van der Waals surface area contributed by atoms with Crippen LogP contribution in [0.2, 0.25) is 0 Å². The Labute approximate surface area is 158 Å². The second kappa shape index (κ2) is 7.48. The number of nitrogens with one attached hydrogen (secondary N) is 1. The van der Waals surface area contributed by atoms with E-state index in [1.54, 1.807) is 30.3 Å². The Morgan fingerprint density at radius 3 is 2.56 bits per heavy atom. The molecule has 0 atom stereocenters. The van der Waals surface area contributed by atoms with E-state index in [4.69, 9.17) is 9.47 Å². The molecule has 0 spiro atoms. The Morgan fingerprint density at radius 2 is 1.89 bits per heavy atom. The molecule has 1 N–H and O–H groups in total. The molecule has 1 aliphatic rings. The minimum absolute atomic E-state index is 0.351. The summed E-state index contributed by atoms with van der Waals surface area (Å²) in [6.07, 6.45) is 2.77. The molecule has 0 radical (unpaired) electrons. The second-order valence-electron chi connectivity index (χ2n) is 6.30. The van der Waals surface area contributed by atoms with Gasteiger partial charge in [-0.1, -0.05) is 6.07 Å². The fraction of sp³-hybridized carbons (Fsp3) is 0.316. The van der Waals surface area contributed by atoms with Crippen LogP contribution in [0.1, 0.15) is 22.3 Å². The van der Waals surface area contributed by atoms with Gasteiger partial charge in [0.25, 0.3) is 5.91 Å². The minimum Gasteiger partial charge on any atom is -0.497 e. The zero-order valence-electron chi connectivity index (χ0n) is 15.5. The number of methoxy groups -OCH3 is 2. The fourth-order valence-corrected chi connectivity index (χ4v) is 4.14. The van der Waals surface area contributed by atoms with Crippen LogP contribution in [0.25, 0.3) is 0 Å². The third-order valence-electron chi connectivity index (χ3n) is 4.47. The summed E-state index contributed by atoms with van der Waals surface area (Å²) in [6.45, 7) is 0.440. The molecule has 8 heteroatoms. The van der Waals surface area contributed by atoms with Gasteiger partial charge in [-0.2, -0.15) is 0 Å². The van der Waals surface area contributed by atoms with Crippen molar-refractivity contribution in [3.05, 3.63) is 47.5 Å². The Morgan fingerprint density at radius 1 is 1.11 bits per heavy atom. The molecule has 1 amide bonds. The molecular formula is C19H22N2O5S. The van der Waals surface area contributed by atoms with Crippen LogP contribution >= 0.6 is 0 Å². The molecule has 2 aromatic carbocycles. The molecule has 0 saturated carbocycles. The normalized spacial score (nSPS) is 13.7. The Bertz CT molecular complexity index is 972. The summed E-state index contributed by atoms with van der Waals surface area (Å²) in [4.78, 5) is 12.7. The molecule has 1 heterocycles. The predicted octanol–water partition coefficient (Wildman–Crippen LogP) is 2.67. The number of ether oxygens (including phenoxy) is 2. The third-order valence-corrected chi connectivity index (χ3v) is 5.65. The van der Waals surface area contributed by atoms with Crippen molar-refractivity contribution in [3.8, 4) is 11.5 Å². The van der Waals surface area contributed by atoms with Gasteiger partial charge >= 0.3 is 0 Å². The van der Waals surface area contributed by atoms with E-state index in [0.717, 1.165) is 18.4 Å². The number of anilines is 2. The topological polar surface area (TPSA) is 84.9 Å². The van der Waals surface area contributed by atoms with Crippen molar-refractivity contribution in [3.63, 3.8) is 0 Å². The molecule has 3 rings (SSSR count). The minimum atomic E-state index is -3.37. The van der Waals surface area contributed by atoms with E-state index in [2.05, 4.69) is 5.32 Å². The molecule has 0 saturated heterocycles. The van der Waals surface area contributed by atoms with Gasteiger partial charge in [-0.3, -0.25) is 9.10 Å². The number of benzene rings is 2. The molecular weight excluding hydrogens is 368 g/mol. The number of fused-ring (bicyclic) bond motifs is 1. The lowest BCUT2D eigenvalue weighted by molar-refractivity contribution is 0.102. The largest absolute Gasteiger partial charge is 0.497 e. The zero-order chi connectivity index (χ0) is 19.6. The highest BCUT2D eigenvalue weighted by Crippen LogP contribution is 2.32. The summed E-state index contributed by atoms with van der Waals surface area (Å²) in [6, 6.07) is 10.3. The van der Waals surface area contributed by atoms with Crippen LogP contribution in [0, 0.1) is 0 Å². The average molecular weight is 390 g/mol. The molecule has 0 fully saturated rings. The smallest absolute Gasteiger partial charge is 0.259 e. The van der Waals surface area contributed by atoms with Crippen LogP contribution in [0.5, 0.6) is 11.5 Å². The highest BCUT2D eigenvalue weighted by atomic mass is 32.2. The lowest BCUT2D eigenvalue weighted by atomic mass is 10.0. The number of hydrogen-bond acceptors (Lipinski definition) is 5. The second-order valence-corrected chi connectivity index (χ2v) is 8.21. The van der Waals surface area contributed by atoms with Gasteiger partial charge in [-0.25, -0.2) is 8.42 Å². The number of amides is 1. The van der Waals surface area contributed by atoms with E-state index in [0.29, 0.717) is 35.0 Å². The first-order valence-corrected chi connectivity index (χ1v) is 10.3. The van der Waals surface area contributed by atoms with Gasteiger partial charge < -0.3 is 14.8 Å². The van der Waals surface area contributed by atoms with Crippen molar-refractivity contribution in [2.75, 3.05) is 36.6 Å². The number of rotatable bonds is 5. The van der Waals surface area contributed by atoms with Crippen molar-refractivity contribution >= 4 is 27.3 Å². The molecule has 27 heavy (non-hydrogen) atoms. The van der Waals surface area contributed by atoms with Crippen LogP contribution in [-0.4, -0.2) is 41.3 Å². The maximum Gasteiger partial charge on any atom is 0.259 e. The monoisotopic (exact) mass is 390 g/mol. The number of sulfonamides is 1. The third kappa shape index (κ3) is 4.00. The first kappa shape index (κ1) is 19.0. The first-order chi connectivity index (χ1) is 12.8. The summed E-state index contributed by atoms with van der Waals surface area (Å²) >= 11 is 0. The Hall–Kier alpha value is -2.74. The first-order valence-electron chi connectivity index (χ1n) is 8.47. The van der Waals surface area contributed by atoms with Gasteiger partial charge in [0.15, 0.2) is 0 Å². The van der Waals surface area contributed by atoms with Gasteiger partial charge in [-0.15, -0.1) is 0 Å². The van der Waals surface area contributed by atoms with Crippen LogP contribution < -0.4 is 19.1 Å². The number of carbonyl (C=O) groups is 1. The van der Waals surface area contributed by atoms with E-state index < -0.39 is 10.0 Å². The number of carbonyl (C=O) groups excluding carboxylic acids is 1. The van der Waals surface area contributed by atoms with Crippen LogP contribution in [0.3, 0.4) is 0 Å². The van der Waals surface area contributed by atoms with E-state index in [9.17, 15) is 13.2 Å². The Kier molecular flexibility index (Phi) is 5.27. The number of nitrogens with zero attached hydrogens (tertiary/aromatic N) is 1. The fourth-order valence-electron chi connectivity index (χ4n) is 3.15. The zero-order valence-corrected chi connectivity index (χ0v) is 16.3. The maximum atomic E-state index is 12.7. The van der Waals surface area contributed by atoms with E-state index in [1.165, 1.54) is 24.8 Å². The van der Waals surface area contributed by atoms with E-state index in [1.807, 2.05) is 6.07 Å². The molecule has 1 aliphatic heterocycles. The molecule has 0 aliphatic carbocycles. The maximum absolute atomic E-state index is 12.7. The summed E-state index contributed by atoms with van der Waals surface area (Å²) in [5.41, 5.74) is 2.44. The molecule has 7 nitrogen and oxygen atoms in total. The highest BCUT2D eigenvalue weighted by Gasteiger charge is 2.24. The molecule has 0 bridgehead atoms. The van der Waals surface area contributed by atoms with Crippen LogP contribution in [0.15, 0.2) is 36.4 Å². The standard InChI is InChI=1S/C19H22N2O5S/c1-25-15-8-9-16(18(12-15)26-2)19(22)20-14-7-6-13-5-4-10-21(17(13)11-14)27(3,23)24/h6-9,11-12H,4-5,10H2,1-3H3,(H,20,22). The van der Waals surface area contributed by atoms with Gasteiger partial charge in [0.1, 0.15) is 11.5 Å². The van der Waals surface area contributed by atoms with Gasteiger partial charge in [-0.05, 0) is 42.7 Å². The van der Waals surface area contributed by atoms with Gasteiger partial charge in [0, 0.05) is 18.3 Å². The summed E-state index contributed by atoms with van der Waals surface area (Å²) in [5.74, 6) is 0.625. The van der Waals surface area contributed by atoms with E-state index >= 15 is 0 Å². The molecule has 2 aromatic rings. The van der Waals surface area contributed by atoms with Crippen molar-refractivity contribution in [2.45, 2.75) is 12.8 Å². The highest BCUT2D eigenvalue weighted by molar-refractivity contribution is 7.92. The van der Waals surface area contributed by atoms with E-state index in [-0.39, 0.29) is 5.91 Å². The van der Waals surface area contributed by atoms with Crippen molar-refractivity contribution in [2.24, 2.45) is 0 Å². The number of hydrogen-bond donors (Lipinski definition) is 1. The number of aryl methyl sites for hydroxylation is 1. The van der Waals surface area contributed by atoms with Gasteiger partial charge in [0.2, 0.25) is 10.0 Å². The lowest BCUT2D eigenvalue weighted by Gasteiger charge is -2.29. The SMILES string of the molecule is COc1ccc(C(=O)Nc2ccc3c(c2)N(S(C)(=O)=O)CCC3)c(OC)c1. The average Bonchev–Trinajstić information content (AvgIpc) is 2.66. The van der Waals surface area contributed by atoms with Crippen molar-refractivity contribution in [1.29, 1.82) is 0 Å². The molecule has 0 aromatic heterocycles. The quantitative estimate of drug-likeness (QED) is 0.848. The van der Waals surface area contributed by atoms with Crippen LogP contribution in [-0.2, 0) is 16.4 Å². The van der Waals surface area contributed by atoms with Crippen LogP contribution in [0.4, 0.5) is 11.4 Å². The Balaban J connectivity index is 1.90.